The topological polar surface area (TPSA) is 183 Å². The van der Waals surface area contributed by atoms with Gasteiger partial charge in [0.1, 0.15) is 41.9 Å². The lowest BCUT2D eigenvalue weighted by molar-refractivity contribution is -0.307. The van der Waals surface area contributed by atoms with Crippen molar-refractivity contribution >= 4 is 11.8 Å². The van der Waals surface area contributed by atoms with Gasteiger partial charge in [0, 0.05) is 18.8 Å². The molecule has 6 aliphatic rings. The fraction of sp³-hybridized carbons (Fsp3) is 0.765. The Labute approximate surface area is 263 Å². The average Bonchev–Trinajstić information content (AvgIpc) is 3.36. The molecule has 3 fully saturated rings. The fourth-order valence-corrected chi connectivity index (χ4v) is 9.77. The average molecular weight is 633 g/mol. The Kier molecular flexibility index (Phi) is 8.52. The van der Waals surface area contributed by atoms with E-state index in [1.165, 1.54) is 5.57 Å². The molecule has 0 amide bonds. The molecule has 13 atom stereocenters. The van der Waals surface area contributed by atoms with E-state index in [9.17, 15) is 40.2 Å². The molecular weight excluding hydrogens is 584 g/mol. The van der Waals surface area contributed by atoms with E-state index >= 15 is 0 Å². The lowest BCUT2D eigenvalue weighted by atomic mass is 9.47. The van der Waals surface area contributed by atoms with E-state index in [0.717, 1.165) is 30.4 Å². The predicted molar refractivity (Wildman–Crippen MR) is 159 cm³/mol. The number of ketones is 1. The van der Waals surface area contributed by atoms with Gasteiger partial charge in [0.15, 0.2) is 6.29 Å². The van der Waals surface area contributed by atoms with Crippen molar-refractivity contribution in [3.05, 3.63) is 34.4 Å². The zero-order valence-electron chi connectivity index (χ0n) is 26.5. The van der Waals surface area contributed by atoms with Crippen LogP contribution < -0.4 is 0 Å². The zero-order valence-corrected chi connectivity index (χ0v) is 26.5. The number of aliphatic hydroxyl groups excluding tert-OH is 5. The van der Waals surface area contributed by atoms with Crippen LogP contribution in [0.25, 0.3) is 0 Å². The monoisotopic (exact) mass is 632 g/mol. The van der Waals surface area contributed by atoms with Crippen LogP contribution in [0, 0.1) is 28.6 Å². The molecule has 0 aromatic heterocycles. The molecule has 11 heteroatoms. The molecule has 4 aliphatic carbocycles. The van der Waals surface area contributed by atoms with Gasteiger partial charge < -0.3 is 44.8 Å². The largest absolute Gasteiger partial charge is 0.456 e. The number of rotatable bonds is 6. The van der Waals surface area contributed by atoms with Crippen LogP contribution in [0.15, 0.2) is 34.4 Å². The van der Waals surface area contributed by atoms with Gasteiger partial charge >= 0.3 is 5.97 Å². The summed E-state index contributed by atoms with van der Waals surface area (Å²) in [4.78, 5) is 26.6. The molecule has 2 saturated carbocycles. The van der Waals surface area contributed by atoms with Gasteiger partial charge in [0.2, 0.25) is 0 Å². The van der Waals surface area contributed by atoms with Crippen molar-refractivity contribution in [3.8, 4) is 0 Å². The Morgan fingerprint density at radius 3 is 2.47 bits per heavy atom. The van der Waals surface area contributed by atoms with Gasteiger partial charge in [0.25, 0.3) is 0 Å². The number of hydrogen-bond donors (Lipinski definition) is 6. The van der Waals surface area contributed by atoms with Crippen LogP contribution in [-0.2, 0) is 23.8 Å². The summed E-state index contributed by atoms with van der Waals surface area (Å²) in [5.41, 5.74) is 0.966. The smallest absolute Gasteiger partial charge is 0.336 e. The number of ether oxygens (including phenoxy) is 3. The molecule has 2 heterocycles. The minimum atomic E-state index is -1.56. The van der Waals surface area contributed by atoms with Gasteiger partial charge in [0.05, 0.1) is 30.3 Å². The number of aliphatic hydroxyl groups is 6. The molecule has 250 valence electrons. The van der Waals surface area contributed by atoms with Crippen LogP contribution >= 0.6 is 0 Å². The highest BCUT2D eigenvalue weighted by molar-refractivity contribution is 5.91. The van der Waals surface area contributed by atoms with E-state index in [2.05, 4.69) is 13.0 Å². The highest BCUT2D eigenvalue weighted by Crippen LogP contribution is 2.66. The first-order chi connectivity index (χ1) is 21.2. The molecule has 1 saturated heterocycles. The van der Waals surface area contributed by atoms with E-state index in [1.807, 2.05) is 13.0 Å². The third-order valence-electron chi connectivity index (χ3n) is 12.5. The minimum absolute atomic E-state index is 0.0473. The van der Waals surface area contributed by atoms with E-state index < -0.39 is 66.5 Å². The second kappa shape index (κ2) is 11.6. The Bertz CT molecular complexity index is 1310. The molecule has 11 nitrogen and oxygen atoms in total. The molecule has 0 spiro atoms. The lowest BCUT2D eigenvalue weighted by Gasteiger charge is -2.57. The first-order valence-electron chi connectivity index (χ1n) is 16.3. The van der Waals surface area contributed by atoms with Crippen molar-refractivity contribution in [2.75, 3.05) is 13.2 Å². The highest BCUT2D eigenvalue weighted by atomic mass is 16.7. The van der Waals surface area contributed by atoms with E-state index in [-0.39, 0.29) is 47.6 Å². The minimum Gasteiger partial charge on any atom is -0.456 e. The third kappa shape index (κ3) is 5.01. The molecule has 2 aliphatic heterocycles. The second-order valence-electron chi connectivity index (χ2n) is 14.8. The van der Waals surface area contributed by atoms with Gasteiger partial charge in [-0.25, -0.2) is 4.79 Å². The Hall–Kier alpha value is -1.96. The standard InChI is InChI=1S/C34H48O11/c1-16-11-26(45-30(41)20(16)14-35)34(4,42)24-8-7-21-19-6-5-17-12-18(43-31-29(40)28(39)27(38)23(15-36)44-31)13-25(37)33(17,3)22(19)9-10-32(21,24)2/h7,12,18-19,22-24,26-29,31,35-36,38-40,42H,5-6,8-11,13-15H2,1-4H3. The van der Waals surface area contributed by atoms with E-state index in [4.69, 9.17) is 14.2 Å². The van der Waals surface area contributed by atoms with Gasteiger partial charge in [-0.2, -0.15) is 0 Å². The molecule has 0 bridgehead atoms. The van der Waals surface area contributed by atoms with Crippen molar-refractivity contribution < 1.29 is 54.4 Å². The summed E-state index contributed by atoms with van der Waals surface area (Å²) >= 11 is 0. The molecule has 13 unspecified atom stereocenters. The number of Topliss-reactive ketones (excluding diaryl/α,β-unsaturated/α-hetero) is 1. The summed E-state index contributed by atoms with van der Waals surface area (Å²) in [6.45, 7) is 6.86. The van der Waals surface area contributed by atoms with Crippen LogP contribution in [0.3, 0.4) is 0 Å². The first kappa shape index (κ1) is 33.0. The third-order valence-corrected chi connectivity index (χ3v) is 12.5. The maximum Gasteiger partial charge on any atom is 0.336 e. The number of carbonyl (C=O) groups excluding carboxylic acids is 2. The zero-order chi connectivity index (χ0) is 32.6. The maximum absolute atomic E-state index is 14.0. The summed E-state index contributed by atoms with van der Waals surface area (Å²) in [6.07, 6.45) is -0.00000628. The lowest BCUT2D eigenvalue weighted by Crippen LogP contribution is -2.60. The van der Waals surface area contributed by atoms with Gasteiger partial charge in [-0.1, -0.05) is 35.8 Å². The second-order valence-corrected chi connectivity index (χ2v) is 14.8. The van der Waals surface area contributed by atoms with E-state index in [0.29, 0.717) is 19.3 Å². The van der Waals surface area contributed by atoms with E-state index in [1.54, 1.807) is 13.8 Å². The Balaban J connectivity index is 1.20. The Morgan fingerprint density at radius 2 is 1.80 bits per heavy atom. The van der Waals surface area contributed by atoms with Crippen molar-refractivity contribution in [2.45, 2.75) is 121 Å². The maximum atomic E-state index is 14.0. The molecule has 0 aromatic rings. The SMILES string of the molecule is CC1=C(CO)C(=O)OC(C(C)(O)C2CC=C3C4CCC5=CC(OC6OC(CO)C(O)C(O)C6O)CC(=O)C5(C)C4CCC32C)C1. The Morgan fingerprint density at radius 1 is 1.07 bits per heavy atom. The summed E-state index contributed by atoms with van der Waals surface area (Å²) < 4.78 is 17.2. The number of hydrogen-bond acceptors (Lipinski definition) is 11. The van der Waals surface area contributed by atoms with Crippen LogP contribution in [0.2, 0.25) is 0 Å². The fourth-order valence-electron chi connectivity index (χ4n) is 9.77. The van der Waals surface area contributed by atoms with Crippen molar-refractivity contribution in [3.63, 3.8) is 0 Å². The summed E-state index contributed by atoms with van der Waals surface area (Å²) in [5.74, 6) is -0.465. The number of carbonyl (C=O) groups is 2. The normalized spacial score (nSPS) is 46.4. The molecular formula is C34H48O11. The van der Waals surface area contributed by atoms with Crippen LogP contribution in [-0.4, -0.2) is 104 Å². The van der Waals surface area contributed by atoms with Crippen molar-refractivity contribution in [1.29, 1.82) is 0 Å². The van der Waals surface area contributed by atoms with Crippen LogP contribution in [0.1, 0.15) is 72.6 Å². The molecule has 0 aromatic carbocycles. The molecule has 45 heavy (non-hydrogen) atoms. The van der Waals surface area contributed by atoms with Crippen molar-refractivity contribution in [2.24, 2.45) is 28.6 Å². The van der Waals surface area contributed by atoms with Crippen molar-refractivity contribution in [1.82, 2.24) is 0 Å². The number of allylic oxidation sites excluding steroid dienone is 3. The summed E-state index contributed by atoms with van der Waals surface area (Å²) in [5, 5.41) is 61.9. The summed E-state index contributed by atoms with van der Waals surface area (Å²) in [7, 11) is 0. The van der Waals surface area contributed by atoms with Crippen LogP contribution in [0.5, 0.6) is 0 Å². The molecule has 0 radical (unpaired) electrons. The van der Waals surface area contributed by atoms with Crippen LogP contribution in [0.4, 0.5) is 0 Å². The number of fused-ring (bicyclic) bond motifs is 5. The number of cyclic esters (lactones) is 1. The van der Waals surface area contributed by atoms with Gasteiger partial charge in [-0.3, -0.25) is 4.79 Å². The quantitative estimate of drug-likeness (QED) is 0.183. The molecule has 6 rings (SSSR count). The van der Waals surface area contributed by atoms with Gasteiger partial charge in [-0.05, 0) is 70.1 Å². The van der Waals surface area contributed by atoms with Gasteiger partial charge in [-0.15, -0.1) is 0 Å². The molecule has 6 N–H and O–H groups in total. The first-order valence-corrected chi connectivity index (χ1v) is 16.3. The predicted octanol–water partition coefficient (Wildman–Crippen LogP) is 1.22. The number of esters is 1. The highest BCUT2D eigenvalue weighted by Gasteiger charge is 2.62. The summed E-state index contributed by atoms with van der Waals surface area (Å²) in [6, 6.07) is 0.